The minimum absolute atomic E-state index is 0.0493. The van der Waals surface area contributed by atoms with E-state index in [1.807, 2.05) is 6.07 Å². The summed E-state index contributed by atoms with van der Waals surface area (Å²) in [6.45, 7) is 1.36. The summed E-state index contributed by atoms with van der Waals surface area (Å²) in [5.74, 6) is 0.513. The third-order valence-corrected chi connectivity index (χ3v) is 4.65. The molecule has 2 unspecified atom stereocenters. The number of benzene rings is 1. The molecule has 1 aliphatic carbocycles. The highest BCUT2D eigenvalue weighted by Crippen LogP contribution is 2.34. The van der Waals surface area contributed by atoms with Crippen LogP contribution < -0.4 is 5.73 Å². The molecule has 3 rings (SSSR count). The first-order chi connectivity index (χ1) is 10.2. The predicted molar refractivity (Wildman–Crippen MR) is 82.1 cm³/mol. The number of ether oxygens (including phenoxy) is 1. The van der Waals surface area contributed by atoms with E-state index in [0.29, 0.717) is 12.5 Å². The Hall–Kier alpha value is -1.55. The van der Waals surface area contributed by atoms with Gasteiger partial charge in [0.2, 0.25) is 0 Å². The number of carbonyl (C=O) groups excluding carboxylic acids is 1. The zero-order valence-corrected chi connectivity index (χ0v) is 12.4. The quantitative estimate of drug-likeness (QED) is 0.910. The smallest absolute Gasteiger partial charge is 0.410 e. The number of rotatable bonds is 2. The summed E-state index contributed by atoms with van der Waals surface area (Å²) in [4.78, 5) is 13.9. The molecular formula is C17H24N2O2. The third kappa shape index (κ3) is 3.56. The minimum atomic E-state index is -0.179. The Labute approximate surface area is 126 Å². The van der Waals surface area contributed by atoms with Gasteiger partial charge in [0, 0.05) is 19.1 Å². The van der Waals surface area contributed by atoms with Crippen molar-refractivity contribution < 1.29 is 9.53 Å². The number of hydrogen-bond acceptors (Lipinski definition) is 3. The Bertz CT molecular complexity index is 477. The van der Waals surface area contributed by atoms with Crippen LogP contribution in [0.25, 0.3) is 0 Å². The Morgan fingerprint density at radius 2 is 2.00 bits per heavy atom. The molecule has 1 amide bonds. The van der Waals surface area contributed by atoms with Crippen LogP contribution in [0.2, 0.25) is 0 Å². The van der Waals surface area contributed by atoms with E-state index < -0.39 is 0 Å². The third-order valence-electron chi connectivity index (χ3n) is 4.65. The molecule has 2 N–H and O–H groups in total. The summed E-state index contributed by atoms with van der Waals surface area (Å²) in [6.07, 6.45) is 4.98. The maximum Gasteiger partial charge on any atom is 0.410 e. The standard InChI is InChI=1S/C17H24N2O2/c18-15-9-10-19(12-15)17(20)21-16-8-4-7-14(11-16)13-5-2-1-3-6-13/h1-3,5-6,14-16H,4,7-12,18H2/t14?,15-,16?/m1/s1. The highest BCUT2D eigenvalue weighted by molar-refractivity contribution is 5.68. The van der Waals surface area contributed by atoms with Gasteiger partial charge in [0.15, 0.2) is 0 Å². The van der Waals surface area contributed by atoms with E-state index in [9.17, 15) is 4.79 Å². The van der Waals surface area contributed by atoms with E-state index in [1.54, 1.807) is 4.90 Å². The lowest BCUT2D eigenvalue weighted by Crippen LogP contribution is -2.36. The second-order valence-electron chi connectivity index (χ2n) is 6.27. The first-order valence-corrected chi connectivity index (χ1v) is 7.98. The van der Waals surface area contributed by atoms with E-state index in [0.717, 1.165) is 32.2 Å². The van der Waals surface area contributed by atoms with E-state index in [4.69, 9.17) is 10.5 Å². The average molecular weight is 288 g/mol. The van der Waals surface area contributed by atoms with E-state index in [-0.39, 0.29) is 18.2 Å². The number of amides is 1. The first kappa shape index (κ1) is 14.4. The molecule has 1 aliphatic heterocycles. The summed E-state index contributed by atoms with van der Waals surface area (Å²) in [7, 11) is 0. The Morgan fingerprint density at radius 1 is 1.19 bits per heavy atom. The summed E-state index contributed by atoms with van der Waals surface area (Å²) in [5, 5.41) is 0. The minimum Gasteiger partial charge on any atom is -0.446 e. The molecule has 0 radical (unpaired) electrons. The molecule has 114 valence electrons. The van der Waals surface area contributed by atoms with Crippen molar-refractivity contribution in [2.45, 2.75) is 50.2 Å². The van der Waals surface area contributed by atoms with Gasteiger partial charge in [-0.2, -0.15) is 0 Å². The van der Waals surface area contributed by atoms with Crippen molar-refractivity contribution in [3.05, 3.63) is 35.9 Å². The molecule has 0 spiro atoms. The molecule has 4 heteroatoms. The van der Waals surface area contributed by atoms with Crippen LogP contribution in [0.4, 0.5) is 4.79 Å². The Balaban J connectivity index is 1.55. The molecule has 2 fully saturated rings. The van der Waals surface area contributed by atoms with Gasteiger partial charge >= 0.3 is 6.09 Å². The van der Waals surface area contributed by atoms with Gasteiger partial charge in [-0.15, -0.1) is 0 Å². The summed E-state index contributed by atoms with van der Waals surface area (Å²) < 4.78 is 5.71. The molecule has 1 aromatic rings. The van der Waals surface area contributed by atoms with Crippen LogP contribution in [-0.4, -0.2) is 36.2 Å². The molecule has 1 heterocycles. The molecule has 1 saturated heterocycles. The van der Waals surface area contributed by atoms with Crippen LogP contribution in [0, 0.1) is 0 Å². The van der Waals surface area contributed by atoms with Gasteiger partial charge < -0.3 is 15.4 Å². The molecule has 1 aromatic carbocycles. The Kier molecular flexibility index (Phi) is 4.44. The van der Waals surface area contributed by atoms with Crippen molar-refractivity contribution in [1.82, 2.24) is 4.90 Å². The van der Waals surface area contributed by atoms with Gasteiger partial charge in [-0.1, -0.05) is 30.3 Å². The maximum absolute atomic E-state index is 12.2. The van der Waals surface area contributed by atoms with Gasteiger partial charge in [0.05, 0.1) is 0 Å². The van der Waals surface area contributed by atoms with Crippen molar-refractivity contribution in [2.75, 3.05) is 13.1 Å². The highest BCUT2D eigenvalue weighted by atomic mass is 16.6. The predicted octanol–water partition coefficient (Wildman–Crippen LogP) is 2.88. The molecule has 21 heavy (non-hydrogen) atoms. The molecular weight excluding hydrogens is 264 g/mol. The van der Waals surface area contributed by atoms with Crippen molar-refractivity contribution in [2.24, 2.45) is 5.73 Å². The van der Waals surface area contributed by atoms with Crippen LogP contribution >= 0.6 is 0 Å². The zero-order chi connectivity index (χ0) is 14.7. The van der Waals surface area contributed by atoms with Crippen LogP contribution in [-0.2, 0) is 4.74 Å². The number of nitrogens with zero attached hydrogens (tertiary/aromatic N) is 1. The molecule has 0 aromatic heterocycles. The number of likely N-dealkylation sites (tertiary alicyclic amines) is 1. The average Bonchev–Trinajstić information content (AvgIpc) is 2.95. The van der Waals surface area contributed by atoms with Gasteiger partial charge in [-0.3, -0.25) is 0 Å². The lowest BCUT2D eigenvalue weighted by Gasteiger charge is -2.30. The fraction of sp³-hybridized carbons (Fsp3) is 0.588. The zero-order valence-electron chi connectivity index (χ0n) is 12.4. The maximum atomic E-state index is 12.2. The van der Waals surface area contributed by atoms with Crippen molar-refractivity contribution in [3.63, 3.8) is 0 Å². The van der Waals surface area contributed by atoms with Crippen molar-refractivity contribution in [3.8, 4) is 0 Å². The molecule has 2 aliphatic rings. The van der Waals surface area contributed by atoms with Crippen molar-refractivity contribution in [1.29, 1.82) is 0 Å². The lowest BCUT2D eigenvalue weighted by atomic mass is 9.82. The summed E-state index contributed by atoms with van der Waals surface area (Å²) in [6, 6.07) is 10.7. The van der Waals surface area contributed by atoms with E-state index in [1.165, 1.54) is 12.0 Å². The SMILES string of the molecule is N[C@@H]1CCN(C(=O)OC2CCCC(c3ccccc3)C2)C1. The molecule has 4 nitrogen and oxygen atoms in total. The molecule has 3 atom stereocenters. The highest BCUT2D eigenvalue weighted by Gasteiger charge is 2.30. The fourth-order valence-electron chi connectivity index (χ4n) is 3.45. The number of hydrogen-bond donors (Lipinski definition) is 1. The first-order valence-electron chi connectivity index (χ1n) is 7.98. The lowest BCUT2D eigenvalue weighted by molar-refractivity contribution is 0.0461. The van der Waals surface area contributed by atoms with Crippen LogP contribution in [0.15, 0.2) is 30.3 Å². The van der Waals surface area contributed by atoms with Crippen molar-refractivity contribution >= 4 is 6.09 Å². The van der Waals surface area contributed by atoms with Gasteiger partial charge in [-0.25, -0.2) is 4.79 Å². The second kappa shape index (κ2) is 6.48. The van der Waals surface area contributed by atoms with E-state index >= 15 is 0 Å². The normalized spacial score (nSPS) is 29.4. The monoisotopic (exact) mass is 288 g/mol. The van der Waals surface area contributed by atoms with Crippen LogP contribution in [0.3, 0.4) is 0 Å². The summed E-state index contributed by atoms with van der Waals surface area (Å²) >= 11 is 0. The van der Waals surface area contributed by atoms with E-state index in [2.05, 4.69) is 24.3 Å². The second-order valence-corrected chi connectivity index (χ2v) is 6.27. The molecule has 1 saturated carbocycles. The van der Waals surface area contributed by atoms with Crippen LogP contribution in [0.1, 0.15) is 43.6 Å². The fourth-order valence-corrected chi connectivity index (χ4v) is 3.45. The summed E-state index contributed by atoms with van der Waals surface area (Å²) in [5.41, 5.74) is 7.21. The molecule has 0 bridgehead atoms. The van der Waals surface area contributed by atoms with Gasteiger partial charge in [-0.05, 0) is 43.6 Å². The topological polar surface area (TPSA) is 55.6 Å². The number of carbonyl (C=O) groups is 1. The van der Waals surface area contributed by atoms with Gasteiger partial charge in [0.25, 0.3) is 0 Å². The van der Waals surface area contributed by atoms with Crippen LogP contribution in [0.5, 0.6) is 0 Å². The number of nitrogens with two attached hydrogens (primary N) is 1. The Morgan fingerprint density at radius 3 is 2.71 bits per heavy atom. The van der Waals surface area contributed by atoms with Gasteiger partial charge in [0.1, 0.15) is 6.10 Å². The largest absolute Gasteiger partial charge is 0.446 e.